The maximum atomic E-state index is 11.3. The molecule has 0 aliphatic heterocycles. The minimum Gasteiger partial charge on any atom is -0.469 e. The molecule has 0 saturated heterocycles. The summed E-state index contributed by atoms with van der Waals surface area (Å²) < 4.78 is 4.71. The van der Waals surface area contributed by atoms with E-state index in [4.69, 9.17) is 9.94 Å². The molecule has 0 aromatic rings. The SMILES string of the molecule is CCCCC[C@@H]1C(=NO)CC[C@H]1CC(=O)OC. The second-order valence-electron chi connectivity index (χ2n) is 4.77. The molecule has 4 nitrogen and oxygen atoms in total. The predicted molar refractivity (Wildman–Crippen MR) is 66.2 cm³/mol. The maximum absolute atomic E-state index is 11.3. The molecule has 1 rings (SSSR count). The van der Waals surface area contributed by atoms with Crippen molar-refractivity contribution < 1.29 is 14.7 Å². The molecule has 2 atom stereocenters. The highest BCUT2D eigenvalue weighted by Gasteiger charge is 2.34. The molecule has 1 saturated carbocycles. The number of rotatable bonds is 6. The summed E-state index contributed by atoms with van der Waals surface area (Å²) in [6.45, 7) is 2.17. The van der Waals surface area contributed by atoms with Crippen molar-refractivity contribution in [3.63, 3.8) is 0 Å². The van der Waals surface area contributed by atoms with Crippen LogP contribution in [0.15, 0.2) is 5.16 Å². The van der Waals surface area contributed by atoms with E-state index in [-0.39, 0.29) is 11.9 Å². The van der Waals surface area contributed by atoms with Crippen molar-refractivity contribution in [2.75, 3.05) is 7.11 Å². The Bertz CT molecular complexity index is 276. The van der Waals surface area contributed by atoms with E-state index >= 15 is 0 Å². The predicted octanol–water partition coefficient (Wildman–Crippen LogP) is 2.99. The van der Waals surface area contributed by atoms with Crippen LogP contribution in [0.2, 0.25) is 0 Å². The Morgan fingerprint density at radius 2 is 2.29 bits per heavy atom. The second kappa shape index (κ2) is 7.30. The van der Waals surface area contributed by atoms with E-state index < -0.39 is 0 Å². The summed E-state index contributed by atoms with van der Waals surface area (Å²) in [6, 6.07) is 0. The molecule has 0 unspecified atom stereocenters. The van der Waals surface area contributed by atoms with E-state index in [9.17, 15) is 4.79 Å². The molecule has 4 heteroatoms. The van der Waals surface area contributed by atoms with E-state index in [1.54, 1.807) is 0 Å². The monoisotopic (exact) mass is 241 g/mol. The van der Waals surface area contributed by atoms with Crippen LogP contribution in [0.4, 0.5) is 0 Å². The van der Waals surface area contributed by atoms with Gasteiger partial charge in [0.05, 0.1) is 12.8 Å². The van der Waals surface area contributed by atoms with Crippen LogP contribution in [-0.4, -0.2) is 24.0 Å². The van der Waals surface area contributed by atoms with Gasteiger partial charge in [-0.25, -0.2) is 0 Å². The van der Waals surface area contributed by atoms with Crippen molar-refractivity contribution in [2.24, 2.45) is 17.0 Å². The lowest BCUT2D eigenvalue weighted by molar-refractivity contribution is -0.141. The molecule has 98 valence electrons. The molecule has 0 aromatic heterocycles. The number of unbranched alkanes of at least 4 members (excludes halogenated alkanes) is 2. The van der Waals surface area contributed by atoms with Gasteiger partial charge in [0.25, 0.3) is 0 Å². The molecule has 17 heavy (non-hydrogen) atoms. The summed E-state index contributed by atoms with van der Waals surface area (Å²) in [7, 11) is 1.42. The van der Waals surface area contributed by atoms with Crippen molar-refractivity contribution in [3.8, 4) is 0 Å². The number of hydrogen-bond donors (Lipinski definition) is 1. The summed E-state index contributed by atoms with van der Waals surface area (Å²) in [4.78, 5) is 11.3. The van der Waals surface area contributed by atoms with Crippen molar-refractivity contribution >= 4 is 11.7 Å². The standard InChI is InChI=1S/C13H23NO3/c1-3-4-5-6-11-10(9-13(15)17-2)7-8-12(11)14-16/h10-11,16H,3-9H2,1-2H3/t10-,11-/m0/s1. The van der Waals surface area contributed by atoms with Gasteiger partial charge >= 0.3 is 5.97 Å². The first-order chi connectivity index (χ1) is 8.22. The topological polar surface area (TPSA) is 58.9 Å². The summed E-state index contributed by atoms with van der Waals surface area (Å²) in [5.74, 6) is 0.408. The van der Waals surface area contributed by atoms with Gasteiger partial charge in [0.1, 0.15) is 0 Å². The van der Waals surface area contributed by atoms with Gasteiger partial charge in [-0.3, -0.25) is 4.79 Å². The number of methoxy groups -OCH3 is 1. The highest BCUT2D eigenvalue weighted by atomic mass is 16.5. The molecular weight excluding hydrogens is 218 g/mol. The molecule has 0 heterocycles. The highest BCUT2D eigenvalue weighted by Crippen LogP contribution is 2.35. The second-order valence-corrected chi connectivity index (χ2v) is 4.77. The summed E-state index contributed by atoms with van der Waals surface area (Å²) in [6.07, 6.45) is 6.74. The third-order valence-corrected chi connectivity index (χ3v) is 3.67. The molecule has 1 aliphatic rings. The van der Waals surface area contributed by atoms with Gasteiger partial charge in [0.2, 0.25) is 0 Å². The quantitative estimate of drug-likeness (QED) is 0.336. The summed E-state index contributed by atoms with van der Waals surface area (Å²) >= 11 is 0. The maximum Gasteiger partial charge on any atom is 0.305 e. The van der Waals surface area contributed by atoms with E-state index in [0.717, 1.165) is 31.4 Å². The Morgan fingerprint density at radius 1 is 1.53 bits per heavy atom. The fourth-order valence-corrected chi connectivity index (χ4v) is 2.67. The third kappa shape index (κ3) is 4.02. The number of esters is 1. The zero-order chi connectivity index (χ0) is 12.7. The number of hydrogen-bond acceptors (Lipinski definition) is 4. The van der Waals surface area contributed by atoms with Crippen LogP contribution in [0.3, 0.4) is 0 Å². The molecule has 1 fully saturated rings. The molecule has 0 aromatic carbocycles. The first-order valence-electron chi connectivity index (χ1n) is 6.50. The van der Waals surface area contributed by atoms with Gasteiger partial charge in [-0.1, -0.05) is 31.3 Å². The van der Waals surface area contributed by atoms with Gasteiger partial charge in [0.15, 0.2) is 0 Å². The Balaban J connectivity index is 2.53. The first kappa shape index (κ1) is 14.0. The zero-order valence-electron chi connectivity index (χ0n) is 10.8. The lowest BCUT2D eigenvalue weighted by Gasteiger charge is -2.18. The number of ether oxygens (including phenoxy) is 1. The van der Waals surface area contributed by atoms with E-state index in [0.29, 0.717) is 12.3 Å². The van der Waals surface area contributed by atoms with Crippen molar-refractivity contribution in [1.82, 2.24) is 0 Å². The van der Waals surface area contributed by atoms with Gasteiger partial charge in [-0.15, -0.1) is 0 Å². The van der Waals surface area contributed by atoms with Crippen LogP contribution in [0.1, 0.15) is 51.9 Å². The average molecular weight is 241 g/mol. The molecular formula is C13H23NO3. The Labute approximate surface area is 103 Å². The van der Waals surface area contributed by atoms with Crippen molar-refractivity contribution in [1.29, 1.82) is 0 Å². The lowest BCUT2D eigenvalue weighted by Crippen LogP contribution is -2.18. The third-order valence-electron chi connectivity index (χ3n) is 3.67. The fraction of sp³-hybridized carbons (Fsp3) is 0.846. The smallest absolute Gasteiger partial charge is 0.305 e. The number of oxime groups is 1. The highest BCUT2D eigenvalue weighted by molar-refractivity contribution is 5.89. The van der Waals surface area contributed by atoms with Gasteiger partial charge in [0, 0.05) is 12.3 Å². The normalized spacial score (nSPS) is 26.4. The minimum atomic E-state index is -0.158. The van der Waals surface area contributed by atoms with Crippen LogP contribution in [0, 0.1) is 11.8 Å². The molecule has 1 N–H and O–H groups in total. The van der Waals surface area contributed by atoms with E-state index in [1.807, 2.05) is 0 Å². The lowest BCUT2D eigenvalue weighted by atomic mass is 9.87. The Morgan fingerprint density at radius 3 is 2.88 bits per heavy atom. The average Bonchev–Trinajstić information content (AvgIpc) is 2.72. The zero-order valence-corrected chi connectivity index (χ0v) is 10.8. The Hall–Kier alpha value is -1.06. The van der Waals surface area contributed by atoms with Crippen LogP contribution in [0.5, 0.6) is 0 Å². The van der Waals surface area contributed by atoms with E-state index in [1.165, 1.54) is 20.0 Å². The molecule has 0 bridgehead atoms. The fourth-order valence-electron chi connectivity index (χ4n) is 2.67. The number of carbonyl (C=O) groups excluding carboxylic acids is 1. The van der Waals surface area contributed by atoms with E-state index in [2.05, 4.69) is 12.1 Å². The van der Waals surface area contributed by atoms with Crippen molar-refractivity contribution in [2.45, 2.75) is 51.9 Å². The van der Waals surface area contributed by atoms with Crippen LogP contribution in [-0.2, 0) is 9.53 Å². The van der Waals surface area contributed by atoms with Crippen LogP contribution in [0.25, 0.3) is 0 Å². The summed E-state index contributed by atoms with van der Waals surface area (Å²) in [5, 5.41) is 12.4. The largest absolute Gasteiger partial charge is 0.469 e. The van der Waals surface area contributed by atoms with Gasteiger partial charge in [-0.05, 0) is 25.2 Å². The number of nitrogens with zero attached hydrogens (tertiary/aromatic N) is 1. The molecule has 0 radical (unpaired) electrons. The molecule has 0 amide bonds. The van der Waals surface area contributed by atoms with Crippen molar-refractivity contribution in [3.05, 3.63) is 0 Å². The summed E-state index contributed by atoms with van der Waals surface area (Å²) in [5.41, 5.74) is 0.870. The molecule has 0 spiro atoms. The van der Waals surface area contributed by atoms with Crippen LogP contribution < -0.4 is 0 Å². The van der Waals surface area contributed by atoms with Crippen LogP contribution >= 0.6 is 0 Å². The minimum absolute atomic E-state index is 0.158. The first-order valence-corrected chi connectivity index (χ1v) is 6.50. The number of carbonyl (C=O) groups is 1. The Kier molecular flexibility index (Phi) is 6.01. The molecule has 1 aliphatic carbocycles. The van der Waals surface area contributed by atoms with Gasteiger partial charge in [-0.2, -0.15) is 0 Å². The van der Waals surface area contributed by atoms with Gasteiger partial charge < -0.3 is 9.94 Å².